The molecule has 0 aromatic carbocycles. The third kappa shape index (κ3) is 1.08. The lowest BCUT2D eigenvalue weighted by molar-refractivity contribution is 0.0912. The predicted molar refractivity (Wildman–Crippen MR) is 47.9 cm³/mol. The van der Waals surface area contributed by atoms with Crippen LogP contribution < -0.4 is 0 Å². The van der Waals surface area contributed by atoms with Gasteiger partial charge >= 0.3 is 0 Å². The van der Waals surface area contributed by atoms with Crippen LogP contribution in [0.5, 0.6) is 0 Å². The van der Waals surface area contributed by atoms with Crippen LogP contribution in [-0.4, -0.2) is 30.2 Å². The second kappa shape index (κ2) is 2.99. The van der Waals surface area contributed by atoms with E-state index in [2.05, 4.69) is 18.9 Å². The molecule has 2 aliphatic rings. The molecule has 4 unspecified atom stereocenters. The van der Waals surface area contributed by atoms with Crippen molar-refractivity contribution in [3.8, 4) is 0 Å². The first-order chi connectivity index (χ1) is 5.74. The average Bonchev–Trinajstić information content (AvgIpc) is 2.28. The van der Waals surface area contributed by atoms with Gasteiger partial charge in [0.2, 0.25) is 0 Å². The Balaban J connectivity index is 2.15. The molecule has 2 saturated heterocycles. The van der Waals surface area contributed by atoms with Crippen molar-refractivity contribution >= 4 is 0 Å². The topological polar surface area (TPSA) is 3.24 Å². The number of fused-ring (bicyclic) bond motifs is 2. The molecule has 0 aromatic rings. The summed E-state index contributed by atoms with van der Waals surface area (Å²) in [6.07, 6.45) is 3.84. The summed E-state index contributed by atoms with van der Waals surface area (Å²) in [5.74, 6) is 0.615. The van der Waals surface area contributed by atoms with Gasteiger partial charge in [0.1, 0.15) is 6.17 Å². The maximum atomic E-state index is 13.5. The van der Waals surface area contributed by atoms with E-state index in [4.69, 9.17) is 0 Å². The fourth-order valence-electron chi connectivity index (χ4n) is 3.04. The van der Waals surface area contributed by atoms with Gasteiger partial charge in [-0.15, -0.1) is 0 Å². The Bertz CT molecular complexity index is 171. The lowest BCUT2D eigenvalue weighted by atomic mass is 9.88. The Labute approximate surface area is 73.9 Å². The number of alkyl halides is 1. The van der Waals surface area contributed by atoms with E-state index in [1.165, 1.54) is 12.8 Å². The molecule has 1 nitrogen and oxygen atoms in total. The number of nitrogens with zero attached hydrogens (tertiary/aromatic N) is 1. The maximum absolute atomic E-state index is 13.5. The quantitative estimate of drug-likeness (QED) is 0.584. The van der Waals surface area contributed by atoms with E-state index in [9.17, 15) is 4.39 Å². The zero-order valence-corrected chi connectivity index (χ0v) is 7.96. The molecule has 70 valence electrons. The van der Waals surface area contributed by atoms with E-state index >= 15 is 0 Å². The van der Waals surface area contributed by atoms with Crippen molar-refractivity contribution in [3.05, 3.63) is 0 Å². The molecule has 2 aliphatic heterocycles. The van der Waals surface area contributed by atoms with Crippen LogP contribution in [-0.2, 0) is 0 Å². The van der Waals surface area contributed by atoms with Crippen LogP contribution in [0, 0.1) is 5.92 Å². The SMILES string of the molecule is CCC1CCC2CC(F)C1N2C. The highest BCUT2D eigenvalue weighted by atomic mass is 19.1. The van der Waals surface area contributed by atoms with Gasteiger partial charge in [-0.2, -0.15) is 0 Å². The third-order valence-corrected chi connectivity index (χ3v) is 3.79. The molecule has 0 aromatic heterocycles. The van der Waals surface area contributed by atoms with Crippen LogP contribution in [0.4, 0.5) is 4.39 Å². The summed E-state index contributed by atoms with van der Waals surface area (Å²) < 4.78 is 13.5. The monoisotopic (exact) mass is 171 g/mol. The molecule has 4 atom stereocenters. The summed E-state index contributed by atoms with van der Waals surface area (Å²) >= 11 is 0. The largest absolute Gasteiger partial charge is 0.297 e. The van der Waals surface area contributed by atoms with Crippen molar-refractivity contribution in [2.24, 2.45) is 5.92 Å². The van der Waals surface area contributed by atoms with Gasteiger partial charge in [-0.05, 0) is 32.2 Å². The molecule has 0 aliphatic carbocycles. The van der Waals surface area contributed by atoms with E-state index < -0.39 is 6.17 Å². The van der Waals surface area contributed by atoms with Crippen molar-refractivity contribution in [2.45, 2.75) is 50.9 Å². The number of piperidine rings is 1. The molecule has 2 fully saturated rings. The van der Waals surface area contributed by atoms with Crippen molar-refractivity contribution < 1.29 is 4.39 Å². The van der Waals surface area contributed by atoms with Crippen molar-refractivity contribution in [1.29, 1.82) is 0 Å². The fourth-order valence-corrected chi connectivity index (χ4v) is 3.04. The summed E-state index contributed by atoms with van der Waals surface area (Å²) in [6, 6.07) is 0.793. The lowest BCUT2D eigenvalue weighted by Crippen LogP contribution is -2.44. The number of halogens is 1. The van der Waals surface area contributed by atoms with Gasteiger partial charge in [-0.3, -0.25) is 4.90 Å². The Morgan fingerprint density at radius 2 is 2.17 bits per heavy atom. The summed E-state index contributed by atoms with van der Waals surface area (Å²) in [5.41, 5.74) is 0. The third-order valence-electron chi connectivity index (χ3n) is 3.79. The molecule has 2 heteroatoms. The van der Waals surface area contributed by atoms with Crippen molar-refractivity contribution in [3.63, 3.8) is 0 Å². The summed E-state index contributed by atoms with van der Waals surface area (Å²) in [7, 11) is 2.09. The van der Waals surface area contributed by atoms with E-state index in [0.717, 1.165) is 12.8 Å². The molecule has 2 heterocycles. The van der Waals surface area contributed by atoms with Gasteiger partial charge in [0.25, 0.3) is 0 Å². The molecule has 2 rings (SSSR count). The van der Waals surface area contributed by atoms with Crippen molar-refractivity contribution in [1.82, 2.24) is 4.90 Å². The zero-order valence-electron chi connectivity index (χ0n) is 7.96. The molecule has 0 amide bonds. The van der Waals surface area contributed by atoms with Crippen LogP contribution in [0.25, 0.3) is 0 Å². The van der Waals surface area contributed by atoms with Gasteiger partial charge in [-0.1, -0.05) is 13.3 Å². The maximum Gasteiger partial charge on any atom is 0.117 e. The fraction of sp³-hybridized carbons (Fsp3) is 1.00. The Morgan fingerprint density at radius 3 is 2.83 bits per heavy atom. The second-order valence-corrected chi connectivity index (χ2v) is 4.31. The first kappa shape index (κ1) is 8.49. The first-order valence-electron chi connectivity index (χ1n) is 5.10. The minimum atomic E-state index is -0.549. The molecular formula is C10H18FN. The number of rotatable bonds is 1. The van der Waals surface area contributed by atoms with Gasteiger partial charge in [-0.25, -0.2) is 4.39 Å². The average molecular weight is 171 g/mol. The van der Waals surface area contributed by atoms with Crippen LogP contribution in [0.15, 0.2) is 0 Å². The molecule has 2 bridgehead atoms. The Morgan fingerprint density at radius 1 is 1.42 bits per heavy atom. The molecule has 12 heavy (non-hydrogen) atoms. The zero-order chi connectivity index (χ0) is 8.72. The van der Waals surface area contributed by atoms with Crippen LogP contribution in [0.1, 0.15) is 32.6 Å². The van der Waals surface area contributed by atoms with E-state index in [1.54, 1.807) is 0 Å². The highest BCUT2D eigenvalue weighted by Crippen LogP contribution is 2.40. The van der Waals surface area contributed by atoms with Crippen LogP contribution >= 0.6 is 0 Å². The van der Waals surface area contributed by atoms with E-state index in [1.807, 2.05) is 0 Å². The normalized spacial score (nSPS) is 48.2. The van der Waals surface area contributed by atoms with Crippen LogP contribution in [0.2, 0.25) is 0 Å². The predicted octanol–water partition coefficient (Wildman–Crippen LogP) is 2.22. The molecule has 0 saturated carbocycles. The lowest BCUT2D eigenvalue weighted by Gasteiger charge is -2.37. The van der Waals surface area contributed by atoms with Gasteiger partial charge < -0.3 is 0 Å². The standard InChI is InChI=1S/C10H18FN/c1-3-7-4-5-8-6-9(11)10(7)12(8)2/h7-10H,3-6H2,1-2H3. The molecular weight excluding hydrogens is 153 g/mol. The van der Waals surface area contributed by atoms with Gasteiger partial charge in [0.05, 0.1) is 0 Å². The minimum Gasteiger partial charge on any atom is -0.297 e. The first-order valence-corrected chi connectivity index (χ1v) is 5.10. The summed E-state index contributed by atoms with van der Waals surface area (Å²) in [5, 5.41) is 0. The number of hydrogen-bond donors (Lipinski definition) is 0. The van der Waals surface area contributed by atoms with Crippen molar-refractivity contribution in [2.75, 3.05) is 7.05 Å². The molecule has 0 radical (unpaired) electrons. The summed E-state index contributed by atoms with van der Waals surface area (Å²) in [4.78, 5) is 2.28. The molecule has 0 spiro atoms. The summed E-state index contributed by atoms with van der Waals surface area (Å²) in [6.45, 7) is 2.18. The van der Waals surface area contributed by atoms with E-state index in [0.29, 0.717) is 12.0 Å². The number of hydrogen-bond acceptors (Lipinski definition) is 1. The Hall–Kier alpha value is -0.110. The van der Waals surface area contributed by atoms with Gasteiger partial charge in [0.15, 0.2) is 0 Å². The highest BCUT2D eigenvalue weighted by molar-refractivity contribution is 4.99. The minimum absolute atomic E-state index is 0.244. The second-order valence-electron chi connectivity index (χ2n) is 4.31. The van der Waals surface area contributed by atoms with Crippen LogP contribution in [0.3, 0.4) is 0 Å². The highest BCUT2D eigenvalue weighted by Gasteiger charge is 2.46. The smallest absolute Gasteiger partial charge is 0.117 e. The van der Waals surface area contributed by atoms with E-state index in [-0.39, 0.29) is 6.04 Å². The molecule has 0 N–H and O–H groups in total. The van der Waals surface area contributed by atoms with Gasteiger partial charge in [0, 0.05) is 12.1 Å². The Kier molecular flexibility index (Phi) is 2.11.